The number of aromatic nitrogens is 3. The lowest BCUT2D eigenvalue weighted by molar-refractivity contribution is -0.115. The highest BCUT2D eigenvalue weighted by Crippen LogP contribution is 2.27. The second-order valence-electron chi connectivity index (χ2n) is 7.49. The van der Waals surface area contributed by atoms with Crippen molar-refractivity contribution in [3.05, 3.63) is 87.4 Å². The molecule has 2 aromatic heterocycles. The maximum absolute atomic E-state index is 13.4. The number of carbonyl (C=O) groups is 1. The van der Waals surface area contributed by atoms with E-state index in [0.717, 1.165) is 16.8 Å². The van der Waals surface area contributed by atoms with Gasteiger partial charge >= 0.3 is 0 Å². The van der Waals surface area contributed by atoms with Gasteiger partial charge in [0.2, 0.25) is 5.91 Å². The maximum Gasteiger partial charge on any atom is 0.266 e. The Morgan fingerprint density at radius 3 is 2.53 bits per heavy atom. The van der Waals surface area contributed by atoms with Gasteiger partial charge in [0, 0.05) is 6.20 Å². The van der Waals surface area contributed by atoms with Crippen LogP contribution in [0, 0.1) is 13.8 Å². The molecule has 162 valence electrons. The van der Waals surface area contributed by atoms with Crippen molar-refractivity contribution in [2.45, 2.75) is 31.2 Å². The minimum Gasteiger partial charge on any atom is -0.322 e. The van der Waals surface area contributed by atoms with Crippen molar-refractivity contribution < 1.29 is 4.79 Å². The number of rotatable bonds is 5. The molecule has 0 aliphatic rings. The fourth-order valence-electron chi connectivity index (χ4n) is 3.42. The van der Waals surface area contributed by atoms with E-state index in [2.05, 4.69) is 10.3 Å². The highest BCUT2D eigenvalue weighted by molar-refractivity contribution is 8.00. The summed E-state index contributed by atoms with van der Waals surface area (Å²) in [5.74, 6) is -0.265. The number of hydrogen-bond donors (Lipinski definition) is 1. The summed E-state index contributed by atoms with van der Waals surface area (Å²) in [6.45, 7) is 5.73. The molecule has 2 heterocycles. The zero-order valence-corrected chi connectivity index (χ0v) is 19.4. The van der Waals surface area contributed by atoms with E-state index in [1.165, 1.54) is 11.8 Å². The van der Waals surface area contributed by atoms with Gasteiger partial charge in [-0.05, 0) is 68.3 Å². The highest BCUT2D eigenvalue weighted by atomic mass is 35.5. The Bertz CT molecular complexity index is 1370. The number of hydrogen-bond acceptors (Lipinski definition) is 5. The van der Waals surface area contributed by atoms with E-state index in [0.29, 0.717) is 21.7 Å². The van der Waals surface area contributed by atoms with E-state index in [4.69, 9.17) is 16.6 Å². The summed E-state index contributed by atoms with van der Waals surface area (Å²) in [4.78, 5) is 35.0. The van der Waals surface area contributed by atoms with E-state index in [-0.39, 0.29) is 16.6 Å². The molecule has 4 aromatic rings. The molecule has 8 heteroatoms. The van der Waals surface area contributed by atoms with Gasteiger partial charge in [-0.25, -0.2) is 9.97 Å². The monoisotopic (exact) mass is 464 g/mol. The molecule has 32 heavy (non-hydrogen) atoms. The Labute approximate surface area is 194 Å². The van der Waals surface area contributed by atoms with Crippen LogP contribution in [-0.2, 0) is 4.79 Å². The third kappa shape index (κ3) is 4.54. The molecule has 0 saturated carbocycles. The highest BCUT2D eigenvalue weighted by Gasteiger charge is 2.21. The predicted octanol–water partition coefficient (Wildman–Crippen LogP) is 5.17. The number of pyridine rings is 1. The predicted molar refractivity (Wildman–Crippen MR) is 130 cm³/mol. The average molecular weight is 465 g/mol. The van der Waals surface area contributed by atoms with Crippen molar-refractivity contribution in [2.75, 3.05) is 5.32 Å². The van der Waals surface area contributed by atoms with Crippen LogP contribution in [0.2, 0.25) is 5.15 Å². The van der Waals surface area contributed by atoms with E-state index in [9.17, 15) is 9.59 Å². The SMILES string of the molecule is Cc1cc(C)cc(-n2c(SC(C)C(=O)Nc3cccnc3Cl)nc3ccccc3c2=O)c1. The van der Waals surface area contributed by atoms with E-state index in [1.54, 1.807) is 42.0 Å². The molecule has 0 saturated heterocycles. The molecule has 0 radical (unpaired) electrons. The second-order valence-corrected chi connectivity index (χ2v) is 9.16. The molecule has 4 rings (SSSR count). The van der Waals surface area contributed by atoms with Crippen LogP contribution in [0.15, 0.2) is 70.7 Å². The summed E-state index contributed by atoms with van der Waals surface area (Å²) in [5.41, 5.74) is 3.64. The molecular formula is C24H21ClN4O2S. The molecule has 1 unspecified atom stereocenters. The normalized spacial score (nSPS) is 12.0. The summed E-state index contributed by atoms with van der Waals surface area (Å²) >= 11 is 7.28. The first kappa shape index (κ1) is 22.0. The van der Waals surface area contributed by atoms with Crippen molar-refractivity contribution in [1.82, 2.24) is 14.5 Å². The quantitative estimate of drug-likeness (QED) is 0.250. The minimum atomic E-state index is -0.545. The first-order valence-electron chi connectivity index (χ1n) is 10.0. The van der Waals surface area contributed by atoms with Gasteiger partial charge in [-0.1, -0.05) is 41.6 Å². The van der Waals surface area contributed by atoms with Crippen LogP contribution >= 0.6 is 23.4 Å². The van der Waals surface area contributed by atoms with Crippen LogP contribution in [-0.4, -0.2) is 25.7 Å². The number of fused-ring (bicyclic) bond motifs is 1. The van der Waals surface area contributed by atoms with Gasteiger partial charge in [0.1, 0.15) is 0 Å². The van der Waals surface area contributed by atoms with Crippen LogP contribution in [0.4, 0.5) is 5.69 Å². The summed E-state index contributed by atoms with van der Waals surface area (Å²) in [6, 6.07) is 16.5. The Morgan fingerprint density at radius 2 is 1.81 bits per heavy atom. The number of para-hydroxylation sites is 1. The first-order chi connectivity index (χ1) is 15.3. The standard InChI is InChI=1S/C24H21ClN4O2S/c1-14-11-15(2)13-17(12-14)29-23(31)18-7-4-5-8-19(18)28-24(29)32-16(3)22(30)27-20-9-6-10-26-21(20)25/h4-13,16H,1-3H3,(H,27,30). The second kappa shape index (κ2) is 9.14. The van der Waals surface area contributed by atoms with Gasteiger partial charge in [-0.2, -0.15) is 0 Å². The maximum atomic E-state index is 13.4. The number of halogens is 1. The van der Waals surface area contributed by atoms with E-state index >= 15 is 0 Å². The van der Waals surface area contributed by atoms with Crippen molar-refractivity contribution in [3.63, 3.8) is 0 Å². The first-order valence-corrected chi connectivity index (χ1v) is 11.3. The Kier molecular flexibility index (Phi) is 6.30. The fraction of sp³-hybridized carbons (Fsp3) is 0.167. The Balaban J connectivity index is 1.76. The summed E-state index contributed by atoms with van der Waals surface area (Å²) < 4.78 is 1.58. The lowest BCUT2D eigenvalue weighted by Crippen LogP contribution is -2.26. The molecule has 0 spiro atoms. The van der Waals surface area contributed by atoms with Crippen molar-refractivity contribution in [2.24, 2.45) is 0 Å². The van der Waals surface area contributed by atoms with Crippen LogP contribution in [0.3, 0.4) is 0 Å². The minimum absolute atomic E-state index is 0.175. The van der Waals surface area contributed by atoms with Crippen molar-refractivity contribution >= 4 is 45.9 Å². The van der Waals surface area contributed by atoms with Crippen molar-refractivity contribution in [3.8, 4) is 5.69 Å². The van der Waals surface area contributed by atoms with Gasteiger partial charge < -0.3 is 5.32 Å². The molecule has 0 fully saturated rings. The lowest BCUT2D eigenvalue weighted by atomic mass is 10.1. The zero-order valence-electron chi connectivity index (χ0n) is 17.8. The van der Waals surface area contributed by atoms with Crippen LogP contribution < -0.4 is 10.9 Å². The van der Waals surface area contributed by atoms with Crippen LogP contribution in [0.25, 0.3) is 16.6 Å². The van der Waals surface area contributed by atoms with Crippen LogP contribution in [0.5, 0.6) is 0 Å². The molecule has 0 aliphatic carbocycles. The zero-order chi connectivity index (χ0) is 22.8. The number of thioether (sulfide) groups is 1. The average Bonchev–Trinajstić information content (AvgIpc) is 2.74. The van der Waals surface area contributed by atoms with E-state index < -0.39 is 5.25 Å². The number of benzene rings is 2. The van der Waals surface area contributed by atoms with E-state index in [1.807, 2.05) is 44.2 Å². The molecule has 0 bridgehead atoms. The molecule has 1 amide bonds. The molecule has 0 aliphatic heterocycles. The molecule has 6 nitrogen and oxygen atoms in total. The number of carbonyl (C=O) groups excluding carboxylic acids is 1. The number of nitrogens with zero attached hydrogens (tertiary/aromatic N) is 3. The molecule has 1 N–H and O–H groups in total. The van der Waals surface area contributed by atoms with Gasteiger partial charge in [0.15, 0.2) is 10.3 Å². The Morgan fingerprint density at radius 1 is 1.09 bits per heavy atom. The van der Waals surface area contributed by atoms with Gasteiger partial charge in [0.25, 0.3) is 5.56 Å². The smallest absolute Gasteiger partial charge is 0.266 e. The summed E-state index contributed by atoms with van der Waals surface area (Å²) in [5, 5.41) is 3.43. The van der Waals surface area contributed by atoms with Gasteiger partial charge in [-0.15, -0.1) is 0 Å². The molecular weight excluding hydrogens is 444 g/mol. The number of anilines is 1. The molecule has 1 atom stereocenters. The largest absolute Gasteiger partial charge is 0.322 e. The fourth-order valence-corrected chi connectivity index (χ4v) is 4.52. The third-order valence-corrected chi connectivity index (χ3v) is 6.23. The number of aryl methyl sites for hydroxylation is 2. The Hall–Kier alpha value is -3.16. The van der Waals surface area contributed by atoms with Gasteiger partial charge in [0.05, 0.1) is 27.5 Å². The van der Waals surface area contributed by atoms with Crippen LogP contribution in [0.1, 0.15) is 18.1 Å². The topological polar surface area (TPSA) is 76.9 Å². The molecule has 2 aromatic carbocycles. The summed E-state index contributed by atoms with van der Waals surface area (Å²) in [7, 11) is 0. The van der Waals surface area contributed by atoms with Gasteiger partial charge in [-0.3, -0.25) is 14.2 Å². The number of nitrogens with one attached hydrogen (secondary N) is 1. The number of amides is 1. The van der Waals surface area contributed by atoms with Crippen molar-refractivity contribution in [1.29, 1.82) is 0 Å². The summed E-state index contributed by atoms with van der Waals surface area (Å²) in [6.07, 6.45) is 1.55. The third-order valence-electron chi connectivity index (χ3n) is 4.88. The lowest BCUT2D eigenvalue weighted by Gasteiger charge is -2.17.